The van der Waals surface area contributed by atoms with Gasteiger partial charge in [0.2, 0.25) is 17.1 Å². The predicted molar refractivity (Wildman–Crippen MR) is 100 cm³/mol. The lowest BCUT2D eigenvalue weighted by atomic mass is 9.99. The molecule has 1 fully saturated rings. The van der Waals surface area contributed by atoms with Crippen LogP contribution in [0.25, 0.3) is 22.3 Å². The first-order valence-corrected chi connectivity index (χ1v) is 8.95. The number of aromatic hydroxyl groups is 1. The number of fused-ring (bicyclic) bond motifs is 1. The van der Waals surface area contributed by atoms with Gasteiger partial charge in [0.1, 0.15) is 0 Å². The molecule has 6 heteroatoms. The van der Waals surface area contributed by atoms with Crippen molar-refractivity contribution in [3.05, 3.63) is 58.3 Å². The third kappa shape index (κ3) is 3.05. The van der Waals surface area contributed by atoms with Crippen molar-refractivity contribution in [3.63, 3.8) is 0 Å². The van der Waals surface area contributed by atoms with Crippen molar-refractivity contribution in [1.82, 2.24) is 0 Å². The molecule has 1 unspecified atom stereocenters. The van der Waals surface area contributed by atoms with E-state index in [4.69, 9.17) is 4.42 Å². The van der Waals surface area contributed by atoms with Gasteiger partial charge in [-0.1, -0.05) is 6.92 Å². The first kappa shape index (κ1) is 17.5. The fraction of sp³-hybridized carbons (Fsp3) is 0.286. The van der Waals surface area contributed by atoms with Crippen LogP contribution in [0.1, 0.15) is 19.8 Å². The normalized spacial score (nSPS) is 17.4. The zero-order chi connectivity index (χ0) is 19.1. The molecular formula is C21H19F2NO3. The molecule has 3 aromatic rings. The third-order valence-corrected chi connectivity index (χ3v) is 5.08. The molecule has 0 radical (unpaired) electrons. The second-order valence-electron chi connectivity index (χ2n) is 7.09. The zero-order valence-corrected chi connectivity index (χ0v) is 14.8. The van der Waals surface area contributed by atoms with Gasteiger partial charge in [-0.25, -0.2) is 0 Å². The molecule has 1 saturated heterocycles. The number of nitrogens with zero attached hydrogens (tertiary/aromatic N) is 1. The third-order valence-electron chi connectivity index (χ3n) is 5.08. The second-order valence-corrected chi connectivity index (χ2v) is 7.09. The van der Waals surface area contributed by atoms with Crippen molar-refractivity contribution in [3.8, 4) is 17.1 Å². The Kier molecular flexibility index (Phi) is 4.34. The molecular weight excluding hydrogens is 352 g/mol. The molecule has 2 heterocycles. The maximum atomic E-state index is 14.6. The van der Waals surface area contributed by atoms with Crippen LogP contribution in [0.3, 0.4) is 0 Å². The van der Waals surface area contributed by atoms with Gasteiger partial charge < -0.3 is 14.4 Å². The molecule has 0 saturated carbocycles. The average molecular weight is 371 g/mol. The van der Waals surface area contributed by atoms with E-state index in [1.807, 2.05) is 12.1 Å². The summed E-state index contributed by atoms with van der Waals surface area (Å²) in [6.07, 6.45) is 2.33. The summed E-state index contributed by atoms with van der Waals surface area (Å²) in [5.74, 6) is -2.53. The zero-order valence-electron chi connectivity index (χ0n) is 14.8. The summed E-state index contributed by atoms with van der Waals surface area (Å²) in [6.45, 7) is 4.14. The van der Waals surface area contributed by atoms with Crippen molar-refractivity contribution < 1.29 is 18.3 Å². The first-order chi connectivity index (χ1) is 13.0. The molecule has 0 bridgehead atoms. The standard InChI is InChI=1S/C21H19F2NO3/c1-12-3-2-10-24(11-12)14-6-4-13(5-7-14)20-18(23)19(26)15-8-9-16(25)17(22)21(15)27-20/h4-9,12,25H,2-3,10-11H2,1H3. The summed E-state index contributed by atoms with van der Waals surface area (Å²) in [4.78, 5) is 14.5. The Morgan fingerprint density at radius 3 is 2.56 bits per heavy atom. The molecule has 27 heavy (non-hydrogen) atoms. The molecule has 140 valence electrons. The van der Waals surface area contributed by atoms with E-state index in [0.717, 1.165) is 37.3 Å². The van der Waals surface area contributed by atoms with E-state index >= 15 is 0 Å². The van der Waals surface area contributed by atoms with Gasteiger partial charge in [-0.15, -0.1) is 0 Å². The van der Waals surface area contributed by atoms with E-state index < -0.39 is 28.4 Å². The Balaban J connectivity index is 1.77. The summed E-state index contributed by atoms with van der Waals surface area (Å²) in [5.41, 5.74) is -0.0647. The van der Waals surface area contributed by atoms with E-state index in [0.29, 0.717) is 11.5 Å². The lowest BCUT2D eigenvalue weighted by molar-refractivity contribution is 0.426. The van der Waals surface area contributed by atoms with Crippen LogP contribution in [0.4, 0.5) is 14.5 Å². The van der Waals surface area contributed by atoms with Gasteiger partial charge in [-0.2, -0.15) is 8.78 Å². The Morgan fingerprint density at radius 1 is 1.11 bits per heavy atom. The largest absolute Gasteiger partial charge is 0.505 e. The molecule has 1 aliphatic rings. The van der Waals surface area contributed by atoms with Crippen molar-refractivity contribution in [2.45, 2.75) is 19.8 Å². The van der Waals surface area contributed by atoms with Crippen LogP contribution in [-0.2, 0) is 0 Å². The Morgan fingerprint density at radius 2 is 1.85 bits per heavy atom. The molecule has 2 aromatic carbocycles. The first-order valence-electron chi connectivity index (χ1n) is 8.95. The summed E-state index contributed by atoms with van der Waals surface area (Å²) >= 11 is 0. The number of rotatable bonds is 2. The second kappa shape index (κ2) is 6.68. The van der Waals surface area contributed by atoms with Crippen LogP contribution < -0.4 is 10.3 Å². The summed E-state index contributed by atoms with van der Waals surface area (Å²) in [5, 5.41) is 9.26. The van der Waals surface area contributed by atoms with Gasteiger partial charge in [0.05, 0.1) is 5.39 Å². The number of hydrogen-bond donors (Lipinski definition) is 1. The van der Waals surface area contributed by atoms with Gasteiger partial charge in [0.25, 0.3) is 0 Å². The fourth-order valence-corrected chi connectivity index (χ4v) is 3.63. The average Bonchev–Trinajstić information content (AvgIpc) is 2.68. The number of phenolic OH excluding ortho intramolecular Hbond substituents is 1. The number of anilines is 1. The Bertz CT molecular complexity index is 1060. The monoisotopic (exact) mass is 371 g/mol. The maximum Gasteiger partial charge on any atom is 0.229 e. The van der Waals surface area contributed by atoms with Crippen molar-refractivity contribution >= 4 is 16.7 Å². The van der Waals surface area contributed by atoms with Gasteiger partial charge in [0.15, 0.2) is 17.1 Å². The highest BCUT2D eigenvalue weighted by Crippen LogP contribution is 2.31. The van der Waals surface area contributed by atoms with Crippen LogP contribution in [-0.4, -0.2) is 18.2 Å². The maximum absolute atomic E-state index is 14.6. The molecule has 0 aliphatic carbocycles. The Hall–Kier alpha value is -2.89. The van der Waals surface area contributed by atoms with Gasteiger partial charge in [-0.3, -0.25) is 4.79 Å². The van der Waals surface area contributed by atoms with Crippen LogP contribution in [0, 0.1) is 17.6 Å². The van der Waals surface area contributed by atoms with Crippen molar-refractivity contribution in [2.24, 2.45) is 5.92 Å². The number of benzene rings is 2. The molecule has 1 atom stereocenters. The quantitative estimate of drug-likeness (QED) is 0.711. The van der Waals surface area contributed by atoms with Crippen LogP contribution in [0.15, 0.2) is 45.6 Å². The smallest absolute Gasteiger partial charge is 0.229 e. The van der Waals surface area contributed by atoms with E-state index in [2.05, 4.69) is 11.8 Å². The highest BCUT2D eigenvalue weighted by molar-refractivity contribution is 5.81. The van der Waals surface area contributed by atoms with E-state index in [9.17, 15) is 18.7 Å². The van der Waals surface area contributed by atoms with Gasteiger partial charge >= 0.3 is 0 Å². The molecule has 4 nitrogen and oxygen atoms in total. The van der Waals surface area contributed by atoms with Gasteiger partial charge in [0, 0.05) is 24.3 Å². The molecule has 0 spiro atoms. The fourth-order valence-electron chi connectivity index (χ4n) is 3.63. The van der Waals surface area contributed by atoms with E-state index in [-0.39, 0.29) is 11.1 Å². The lowest BCUT2D eigenvalue weighted by Crippen LogP contribution is -2.34. The minimum Gasteiger partial charge on any atom is -0.505 e. The minimum absolute atomic E-state index is 0.245. The summed E-state index contributed by atoms with van der Waals surface area (Å²) in [7, 11) is 0. The minimum atomic E-state index is -1.08. The number of phenols is 1. The molecule has 1 aliphatic heterocycles. The van der Waals surface area contributed by atoms with Crippen LogP contribution in [0.5, 0.6) is 5.75 Å². The van der Waals surface area contributed by atoms with Crippen LogP contribution >= 0.6 is 0 Å². The highest BCUT2D eigenvalue weighted by atomic mass is 19.1. The number of halogens is 2. The number of hydrogen-bond acceptors (Lipinski definition) is 4. The van der Waals surface area contributed by atoms with E-state index in [1.165, 1.54) is 6.42 Å². The van der Waals surface area contributed by atoms with E-state index in [1.54, 1.807) is 12.1 Å². The van der Waals surface area contributed by atoms with Crippen LogP contribution in [0.2, 0.25) is 0 Å². The molecule has 4 rings (SSSR count). The highest BCUT2D eigenvalue weighted by Gasteiger charge is 2.21. The molecule has 1 N–H and O–H groups in total. The summed E-state index contributed by atoms with van der Waals surface area (Å²) < 4.78 is 34.0. The van der Waals surface area contributed by atoms with Gasteiger partial charge in [-0.05, 0) is 55.2 Å². The SMILES string of the molecule is CC1CCCN(c2ccc(-c3oc4c(F)c(O)ccc4c(=O)c3F)cc2)C1. The molecule has 1 aromatic heterocycles. The molecule has 0 amide bonds. The topological polar surface area (TPSA) is 53.7 Å². The van der Waals surface area contributed by atoms with Crippen molar-refractivity contribution in [1.29, 1.82) is 0 Å². The summed E-state index contributed by atoms with van der Waals surface area (Å²) in [6, 6.07) is 9.14. The van der Waals surface area contributed by atoms with Crippen molar-refractivity contribution in [2.75, 3.05) is 18.0 Å². The Labute approximate surface area is 154 Å². The lowest BCUT2D eigenvalue weighted by Gasteiger charge is -2.32. The predicted octanol–water partition coefficient (Wildman–Crippen LogP) is 4.68. The number of piperidine rings is 1.